The summed E-state index contributed by atoms with van der Waals surface area (Å²) < 4.78 is 2.62. The quantitative estimate of drug-likeness (QED) is 0.535. The zero-order valence-corrected chi connectivity index (χ0v) is 18.2. The van der Waals surface area contributed by atoms with Gasteiger partial charge in [0.15, 0.2) is 12.3 Å². The highest BCUT2D eigenvalue weighted by atomic mass is 15.2. The maximum Gasteiger partial charge on any atom is 0.211 e. The lowest BCUT2D eigenvalue weighted by molar-refractivity contribution is -0.430. The van der Waals surface area contributed by atoms with Crippen molar-refractivity contribution in [3.8, 4) is 0 Å². The van der Waals surface area contributed by atoms with E-state index in [1.165, 1.54) is 83.6 Å². The van der Waals surface area contributed by atoms with Crippen LogP contribution in [0.2, 0.25) is 0 Å². The topological polar surface area (TPSA) is 6.25 Å². The molecule has 2 nitrogen and oxygen atoms in total. The zero-order valence-electron chi connectivity index (χ0n) is 18.2. The first-order chi connectivity index (χ1) is 14.7. The monoisotopic (exact) mass is 395 g/mol. The number of benzene rings is 2. The number of nitrogens with zero attached hydrogens (tertiary/aromatic N) is 2. The van der Waals surface area contributed by atoms with E-state index in [-0.39, 0.29) is 0 Å². The number of hydrogen-bond donors (Lipinski definition) is 0. The fourth-order valence-corrected chi connectivity index (χ4v) is 6.23. The van der Waals surface area contributed by atoms with Crippen molar-refractivity contribution in [1.82, 2.24) is 0 Å². The van der Waals surface area contributed by atoms with Crippen molar-refractivity contribution in [2.24, 2.45) is 5.92 Å². The molecule has 1 atom stereocenters. The molecule has 4 aliphatic rings. The first-order valence-electron chi connectivity index (χ1n) is 11.7. The van der Waals surface area contributed by atoms with E-state index < -0.39 is 0 Å². The van der Waals surface area contributed by atoms with Crippen LogP contribution in [0.25, 0.3) is 0 Å². The van der Waals surface area contributed by atoms with Gasteiger partial charge in [-0.2, -0.15) is 4.58 Å². The van der Waals surface area contributed by atoms with Crippen LogP contribution in [-0.2, 0) is 12.8 Å². The van der Waals surface area contributed by atoms with E-state index in [1.54, 1.807) is 5.57 Å². The molecule has 2 heteroatoms. The Labute approximate surface area is 180 Å². The van der Waals surface area contributed by atoms with Crippen LogP contribution in [0.3, 0.4) is 0 Å². The highest BCUT2D eigenvalue weighted by Gasteiger charge is 2.34. The normalized spacial score (nSPS) is 24.9. The summed E-state index contributed by atoms with van der Waals surface area (Å²) in [6.07, 6.45) is 12.5. The van der Waals surface area contributed by atoms with Crippen molar-refractivity contribution in [1.29, 1.82) is 0 Å². The Kier molecular flexibility index (Phi) is 4.23. The average Bonchev–Trinajstić information content (AvgIpc) is 3.39. The number of aryl methyl sites for hydroxylation is 2. The fourth-order valence-electron chi connectivity index (χ4n) is 6.23. The van der Waals surface area contributed by atoms with Crippen LogP contribution in [-0.4, -0.2) is 23.4 Å². The summed E-state index contributed by atoms with van der Waals surface area (Å²) in [5.74, 6) is 0.746. The highest BCUT2D eigenvalue weighted by Crippen LogP contribution is 2.41. The van der Waals surface area contributed by atoms with E-state index in [0.717, 1.165) is 19.0 Å². The summed E-state index contributed by atoms with van der Waals surface area (Å²) in [5, 5.41) is 0. The molecule has 2 heterocycles. The summed E-state index contributed by atoms with van der Waals surface area (Å²) in [7, 11) is 0. The van der Waals surface area contributed by atoms with E-state index in [4.69, 9.17) is 0 Å². The lowest BCUT2D eigenvalue weighted by Gasteiger charge is -2.32. The third kappa shape index (κ3) is 2.80. The van der Waals surface area contributed by atoms with Crippen LogP contribution in [0.1, 0.15) is 47.9 Å². The SMILES string of the molecule is Cc1cccc2c1N(C1=CC3=C/C(=[N+]4\CCc5cccc(C)c54)CCC3CC1)CC2. The van der Waals surface area contributed by atoms with Crippen LogP contribution in [0, 0.1) is 19.8 Å². The number of para-hydroxylation sites is 2. The summed E-state index contributed by atoms with van der Waals surface area (Å²) in [6.45, 7) is 6.81. The van der Waals surface area contributed by atoms with E-state index in [2.05, 4.69) is 71.9 Å². The zero-order chi connectivity index (χ0) is 20.2. The Morgan fingerprint density at radius 2 is 1.63 bits per heavy atom. The maximum atomic E-state index is 2.62. The molecule has 0 spiro atoms. The second kappa shape index (κ2) is 6.97. The Bertz CT molecular complexity index is 1130. The Hall–Kier alpha value is -2.61. The second-order valence-electron chi connectivity index (χ2n) is 9.51. The van der Waals surface area contributed by atoms with Gasteiger partial charge in [0.05, 0.1) is 0 Å². The van der Waals surface area contributed by atoms with Gasteiger partial charge in [0.2, 0.25) is 5.69 Å². The van der Waals surface area contributed by atoms with E-state index in [0.29, 0.717) is 0 Å². The molecule has 0 aromatic heterocycles. The maximum absolute atomic E-state index is 2.62. The van der Waals surface area contributed by atoms with Crippen LogP contribution >= 0.6 is 0 Å². The van der Waals surface area contributed by atoms with Gasteiger partial charge in [0.1, 0.15) is 0 Å². The van der Waals surface area contributed by atoms with Crippen LogP contribution in [0.5, 0.6) is 0 Å². The second-order valence-corrected chi connectivity index (χ2v) is 9.51. The molecule has 2 aromatic rings. The number of fused-ring (bicyclic) bond motifs is 3. The molecule has 30 heavy (non-hydrogen) atoms. The average molecular weight is 396 g/mol. The summed E-state index contributed by atoms with van der Waals surface area (Å²) >= 11 is 0. The molecule has 0 fully saturated rings. The third-order valence-corrected chi connectivity index (χ3v) is 7.72. The molecule has 0 saturated heterocycles. The molecular weight excluding hydrogens is 364 g/mol. The number of allylic oxidation sites excluding steroid dienone is 4. The van der Waals surface area contributed by atoms with E-state index in [9.17, 15) is 0 Å². The number of rotatable bonds is 1. The van der Waals surface area contributed by atoms with Crippen molar-refractivity contribution in [3.05, 3.63) is 82.1 Å². The molecule has 2 aromatic carbocycles. The first-order valence-corrected chi connectivity index (χ1v) is 11.7. The minimum Gasteiger partial charge on any atom is -0.344 e. The van der Waals surface area contributed by atoms with Crippen molar-refractivity contribution < 1.29 is 4.58 Å². The Morgan fingerprint density at radius 3 is 2.53 bits per heavy atom. The number of hydrogen-bond acceptors (Lipinski definition) is 1. The lowest BCUT2D eigenvalue weighted by Crippen LogP contribution is -2.27. The third-order valence-electron chi connectivity index (χ3n) is 7.72. The van der Waals surface area contributed by atoms with Crippen molar-refractivity contribution in [2.45, 2.75) is 52.4 Å². The lowest BCUT2D eigenvalue weighted by atomic mass is 9.79. The van der Waals surface area contributed by atoms with E-state index >= 15 is 0 Å². The molecule has 152 valence electrons. The largest absolute Gasteiger partial charge is 0.344 e. The molecule has 0 amide bonds. The van der Waals surface area contributed by atoms with Gasteiger partial charge in [-0.3, -0.25) is 0 Å². The minimum atomic E-state index is 0.746. The summed E-state index contributed by atoms with van der Waals surface area (Å²) in [4.78, 5) is 2.62. The van der Waals surface area contributed by atoms with Crippen LogP contribution in [0.4, 0.5) is 11.4 Å². The molecule has 0 radical (unpaired) electrons. The van der Waals surface area contributed by atoms with Crippen LogP contribution in [0.15, 0.2) is 59.8 Å². The molecule has 0 bridgehead atoms. The van der Waals surface area contributed by atoms with Gasteiger partial charge >= 0.3 is 0 Å². The van der Waals surface area contributed by atoms with E-state index in [1.807, 2.05) is 0 Å². The smallest absolute Gasteiger partial charge is 0.211 e. The number of anilines is 1. The van der Waals surface area contributed by atoms with Gasteiger partial charge in [-0.1, -0.05) is 36.4 Å². The van der Waals surface area contributed by atoms with Crippen molar-refractivity contribution in [3.63, 3.8) is 0 Å². The standard InChI is InChI=1S/C28H31N2/c1-19-5-3-7-22-13-15-29(27(19)22)25-11-9-21-10-12-26(18-24(21)17-25)30-16-14-23-8-4-6-20(2)28(23)30/h3-8,17-18,21H,9-16H2,1-2H3/q+1. The molecule has 2 aliphatic carbocycles. The van der Waals surface area contributed by atoms with Gasteiger partial charge in [-0.15, -0.1) is 0 Å². The molecule has 6 rings (SSSR count). The molecule has 0 saturated carbocycles. The van der Waals surface area contributed by atoms with Gasteiger partial charge in [0.25, 0.3) is 0 Å². The highest BCUT2D eigenvalue weighted by molar-refractivity contribution is 5.94. The fraction of sp³-hybridized carbons (Fsp3) is 0.393. The minimum absolute atomic E-state index is 0.746. The van der Waals surface area contributed by atoms with Gasteiger partial charge in [0, 0.05) is 48.0 Å². The van der Waals surface area contributed by atoms with Crippen molar-refractivity contribution in [2.75, 3.05) is 18.0 Å². The van der Waals surface area contributed by atoms with Gasteiger partial charge in [-0.05, 0) is 68.2 Å². The summed E-state index contributed by atoms with van der Waals surface area (Å²) in [5.41, 5.74) is 13.5. The predicted octanol–water partition coefficient (Wildman–Crippen LogP) is 6.02. The summed E-state index contributed by atoms with van der Waals surface area (Å²) in [6, 6.07) is 13.6. The Morgan fingerprint density at radius 1 is 0.833 bits per heavy atom. The van der Waals surface area contributed by atoms with Gasteiger partial charge in [-0.25, -0.2) is 0 Å². The Balaban J connectivity index is 1.40. The molecule has 1 unspecified atom stereocenters. The molecule has 2 aliphatic heterocycles. The van der Waals surface area contributed by atoms with Crippen molar-refractivity contribution >= 4 is 17.1 Å². The first kappa shape index (κ1) is 18.2. The molecular formula is C28H31N2+. The molecule has 0 N–H and O–H groups in total. The van der Waals surface area contributed by atoms with Gasteiger partial charge < -0.3 is 4.90 Å². The van der Waals surface area contributed by atoms with Crippen LogP contribution < -0.4 is 4.90 Å². The predicted molar refractivity (Wildman–Crippen MR) is 125 cm³/mol.